The molecule has 0 aliphatic carbocycles. The summed E-state index contributed by atoms with van der Waals surface area (Å²) in [5.41, 5.74) is 2.47. The minimum atomic E-state index is -0.408. The maximum Gasteiger partial charge on any atom is 0.329 e. The number of para-hydroxylation sites is 2. The lowest BCUT2D eigenvalue weighted by Crippen LogP contribution is -2.48. The average molecular weight is 480 g/mol. The third-order valence-corrected chi connectivity index (χ3v) is 6.62. The van der Waals surface area contributed by atoms with Gasteiger partial charge >= 0.3 is 5.69 Å². The molecule has 0 atom stereocenters. The lowest BCUT2D eigenvalue weighted by molar-refractivity contribution is 0.245. The Bertz CT molecular complexity index is 1420. The Kier molecular flexibility index (Phi) is 6.17. The van der Waals surface area contributed by atoms with Crippen molar-refractivity contribution in [2.75, 3.05) is 44.7 Å². The van der Waals surface area contributed by atoms with Crippen molar-refractivity contribution in [3.05, 3.63) is 80.5 Å². The van der Waals surface area contributed by atoms with Crippen LogP contribution in [-0.4, -0.2) is 59.3 Å². The van der Waals surface area contributed by atoms with Gasteiger partial charge in [-0.15, -0.1) is 0 Å². The van der Waals surface area contributed by atoms with Crippen LogP contribution in [0.25, 0.3) is 22.3 Å². The van der Waals surface area contributed by atoms with E-state index in [1.54, 1.807) is 25.3 Å². The number of halogens is 1. The summed E-state index contributed by atoms with van der Waals surface area (Å²) in [6.45, 7) is 4.36. The molecule has 0 bridgehead atoms. The number of benzene rings is 2. The molecule has 4 aromatic rings. The number of fused-ring (bicyclic) bond motifs is 1. The van der Waals surface area contributed by atoms with Crippen LogP contribution in [0.15, 0.2) is 64.2 Å². The zero-order chi connectivity index (χ0) is 23.7. The fourth-order valence-corrected chi connectivity index (χ4v) is 4.59. The van der Waals surface area contributed by atoms with Crippen molar-refractivity contribution in [1.29, 1.82) is 0 Å². The van der Waals surface area contributed by atoms with E-state index in [-0.39, 0.29) is 5.56 Å². The molecule has 2 N–H and O–H groups in total. The van der Waals surface area contributed by atoms with Crippen molar-refractivity contribution in [3.8, 4) is 17.0 Å². The smallest absolute Gasteiger partial charge is 0.329 e. The number of hydrogen-bond acceptors (Lipinski definition) is 5. The monoisotopic (exact) mass is 479 g/mol. The van der Waals surface area contributed by atoms with Crippen molar-refractivity contribution < 1.29 is 4.74 Å². The molecule has 8 nitrogen and oxygen atoms in total. The maximum atomic E-state index is 13.1. The molecule has 34 heavy (non-hydrogen) atoms. The molecule has 2 aromatic carbocycles. The lowest BCUT2D eigenvalue weighted by Gasteiger charge is -2.36. The van der Waals surface area contributed by atoms with Gasteiger partial charge in [-0.1, -0.05) is 35.9 Å². The summed E-state index contributed by atoms with van der Waals surface area (Å²) in [5, 5.41) is 1.10. The first-order valence-electron chi connectivity index (χ1n) is 11.3. The molecule has 1 fully saturated rings. The number of nitrogens with zero attached hydrogens (tertiary/aromatic N) is 3. The average Bonchev–Trinajstić information content (AvgIpc) is 3.29. The maximum absolute atomic E-state index is 13.1. The van der Waals surface area contributed by atoms with Crippen molar-refractivity contribution in [3.63, 3.8) is 0 Å². The summed E-state index contributed by atoms with van der Waals surface area (Å²) < 4.78 is 6.77. The van der Waals surface area contributed by atoms with Gasteiger partial charge in [0.1, 0.15) is 11.4 Å². The first-order chi connectivity index (χ1) is 16.5. The van der Waals surface area contributed by atoms with Gasteiger partial charge < -0.3 is 14.6 Å². The molecule has 1 saturated heterocycles. The number of rotatable bonds is 6. The van der Waals surface area contributed by atoms with E-state index in [4.69, 9.17) is 16.3 Å². The number of nitrogens with one attached hydrogen (secondary N) is 2. The second kappa shape index (κ2) is 9.40. The molecule has 0 amide bonds. The van der Waals surface area contributed by atoms with E-state index in [0.717, 1.165) is 48.9 Å². The highest BCUT2D eigenvalue weighted by atomic mass is 35.5. The quantitative estimate of drug-likeness (QED) is 0.443. The topological polar surface area (TPSA) is 86.4 Å². The second-order valence-electron chi connectivity index (χ2n) is 8.37. The number of anilines is 1. The predicted molar refractivity (Wildman–Crippen MR) is 135 cm³/mol. The molecular formula is C25H26ClN5O3. The van der Waals surface area contributed by atoms with Crippen LogP contribution in [-0.2, 0) is 6.54 Å². The lowest BCUT2D eigenvalue weighted by atomic mass is 10.1. The first-order valence-corrected chi connectivity index (χ1v) is 11.6. The van der Waals surface area contributed by atoms with Gasteiger partial charge in [0.2, 0.25) is 0 Å². The normalized spacial score (nSPS) is 14.6. The van der Waals surface area contributed by atoms with Crippen LogP contribution in [0.5, 0.6) is 5.75 Å². The molecule has 0 spiro atoms. The minimum Gasteiger partial charge on any atom is -0.495 e. The van der Waals surface area contributed by atoms with Gasteiger partial charge in [-0.05, 0) is 35.9 Å². The van der Waals surface area contributed by atoms with Gasteiger partial charge in [-0.2, -0.15) is 0 Å². The van der Waals surface area contributed by atoms with Gasteiger partial charge in [0.25, 0.3) is 5.56 Å². The summed E-state index contributed by atoms with van der Waals surface area (Å²) in [4.78, 5) is 36.3. The van der Waals surface area contributed by atoms with Crippen LogP contribution in [0.3, 0.4) is 0 Å². The van der Waals surface area contributed by atoms with Crippen molar-refractivity contribution in [1.82, 2.24) is 19.4 Å². The Hall–Kier alpha value is -3.49. The van der Waals surface area contributed by atoms with Crippen LogP contribution in [0.4, 0.5) is 5.69 Å². The Morgan fingerprint density at radius 3 is 2.41 bits per heavy atom. The predicted octanol–water partition coefficient (Wildman–Crippen LogP) is 3.17. The van der Waals surface area contributed by atoms with Crippen molar-refractivity contribution >= 4 is 28.3 Å². The Morgan fingerprint density at radius 2 is 1.68 bits per heavy atom. The molecule has 176 valence electrons. The molecular weight excluding hydrogens is 454 g/mol. The third-order valence-electron chi connectivity index (χ3n) is 6.36. The zero-order valence-corrected chi connectivity index (χ0v) is 19.6. The summed E-state index contributed by atoms with van der Waals surface area (Å²) in [5.74, 6) is 0.867. The number of H-pyrrole nitrogens is 2. The molecule has 9 heteroatoms. The fourth-order valence-electron chi connectivity index (χ4n) is 4.47. The molecule has 1 aliphatic rings. The number of aromatic nitrogens is 3. The number of piperazine rings is 1. The van der Waals surface area contributed by atoms with E-state index in [2.05, 4.69) is 25.8 Å². The van der Waals surface area contributed by atoms with Crippen LogP contribution in [0.2, 0.25) is 5.02 Å². The van der Waals surface area contributed by atoms with E-state index < -0.39 is 5.69 Å². The van der Waals surface area contributed by atoms with Gasteiger partial charge in [0.15, 0.2) is 0 Å². The number of methoxy groups -OCH3 is 1. The standard InChI is InChI=1S/C25H26ClN5O3/c1-34-22-5-3-2-4-21(22)30-13-10-29(11-14-30)12-15-31-24(32)19-16-20(27-23(19)28-25(31)33)17-6-8-18(26)9-7-17/h2-9,16,27H,10-15H2,1H3,(H,28,33). The van der Waals surface area contributed by atoms with E-state index in [9.17, 15) is 9.59 Å². The highest BCUT2D eigenvalue weighted by molar-refractivity contribution is 6.30. The van der Waals surface area contributed by atoms with E-state index in [1.807, 2.05) is 30.3 Å². The molecule has 5 rings (SSSR count). The molecule has 0 unspecified atom stereocenters. The van der Waals surface area contributed by atoms with Crippen LogP contribution >= 0.6 is 11.6 Å². The largest absolute Gasteiger partial charge is 0.495 e. The Balaban J connectivity index is 1.28. The van der Waals surface area contributed by atoms with Crippen molar-refractivity contribution in [2.45, 2.75) is 6.54 Å². The van der Waals surface area contributed by atoms with Crippen LogP contribution < -0.4 is 20.9 Å². The summed E-state index contributed by atoms with van der Waals surface area (Å²) in [6, 6.07) is 17.1. The van der Waals surface area contributed by atoms with E-state index in [0.29, 0.717) is 29.1 Å². The molecule has 0 saturated carbocycles. The van der Waals surface area contributed by atoms with Crippen molar-refractivity contribution in [2.24, 2.45) is 0 Å². The highest BCUT2D eigenvalue weighted by Gasteiger charge is 2.20. The number of hydrogen-bond donors (Lipinski definition) is 2. The fraction of sp³-hybridized carbons (Fsp3) is 0.280. The second-order valence-corrected chi connectivity index (χ2v) is 8.80. The van der Waals surface area contributed by atoms with Crippen LogP contribution in [0, 0.1) is 0 Å². The van der Waals surface area contributed by atoms with Gasteiger partial charge in [-0.3, -0.25) is 19.2 Å². The third kappa shape index (κ3) is 4.34. The van der Waals surface area contributed by atoms with Gasteiger partial charge in [0.05, 0.1) is 18.2 Å². The number of ether oxygens (including phenoxy) is 1. The van der Waals surface area contributed by atoms with E-state index >= 15 is 0 Å². The Morgan fingerprint density at radius 1 is 0.941 bits per heavy atom. The molecule has 2 aromatic heterocycles. The van der Waals surface area contributed by atoms with Crippen LogP contribution in [0.1, 0.15) is 0 Å². The summed E-state index contributed by atoms with van der Waals surface area (Å²) in [6.07, 6.45) is 0. The zero-order valence-electron chi connectivity index (χ0n) is 18.9. The minimum absolute atomic E-state index is 0.289. The summed E-state index contributed by atoms with van der Waals surface area (Å²) >= 11 is 5.97. The molecule has 3 heterocycles. The number of aromatic amines is 2. The highest BCUT2D eigenvalue weighted by Crippen LogP contribution is 2.28. The Labute approximate surface area is 201 Å². The first kappa shape index (κ1) is 22.3. The summed E-state index contributed by atoms with van der Waals surface area (Å²) in [7, 11) is 1.68. The van der Waals surface area contributed by atoms with Gasteiger partial charge in [-0.25, -0.2) is 4.79 Å². The van der Waals surface area contributed by atoms with Gasteiger partial charge in [0, 0.05) is 50.0 Å². The van der Waals surface area contributed by atoms with E-state index in [1.165, 1.54) is 4.57 Å². The molecule has 0 radical (unpaired) electrons. The molecule has 1 aliphatic heterocycles. The SMILES string of the molecule is COc1ccccc1N1CCN(CCn2c(=O)[nH]c3[nH]c(-c4ccc(Cl)cc4)cc3c2=O)CC1.